The normalized spacial score (nSPS) is 16.5. The molecular formula is C16H23N3. The van der Waals surface area contributed by atoms with E-state index in [1.165, 1.54) is 47.7 Å². The summed E-state index contributed by atoms with van der Waals surface area (Å²) in [5, 5.41) is 5.04. The predicted octanol–water partition coefficient (Wildman–Crippen LogP) is 2.67. The zero-order valence-electron chi connectivity index (χ0n) is 11.7. The first kappa shape index (κ1) is 12.7. The van der Waals surface area contributed by atoms with Gasteiger partial charge in [-0.15, -0.1) is 0 Å². The van der Waals surface area contributed by atoms with Crippen LogP contribution < -0.4 is 11.1 Å². The van der Waals surface area contributed by atoms with Crippen molar-refractivity contribution in [3.05, 3.63) is 35.5 Å². The van der Waals surface area contributed by atoms with Gasteiger partial charge in [-0.25, -0.2) is 0 Å². The number of rotatable bonds is 4. The Morgan fingerprint density at radius 3 is 2.79 bits per heavy atom. The van der Waals surface area contributed by atoms with E-state index in [1.54, 1.807) is 0 Å². The molecule has 1 fully saturated rings. The molecule has 1 aliphatic carbocycles. The summed E-state index contributed by atoms with van der Waals surface area (Å²) in [5.41, 5.74) is 9.74. The highest BCUT2D eigenvalue weighted by molar-refractivity contribution is 5.86. The Labute approximate surface area is 114 Å². The Morgan fingerprint density at radius 1 is 1.26 bits per heavy atom. The summed E-state index contributed by atoms with van der Waals surface area (Å²) in [7, 11) is 2.11. The van der Waals surface area contributed by atoms with Gasteiger partial charge in [0.25, 0.3) is 0 Å². The van der Waals surface area contributed by atoms with Crippen LogP contribution in [0.4, 0.5) is 0 Å². The molecule has 19 heavy (non-hydrogen) atoms. The van der Waals surface area contributed by atoms with Gasteiger partial charge in [0.2, 0.25) is 0 Å². The quantitative estimate of drug-likeness (QED) is 0.884. The van der Waals surface area contributed by atoms with Gasteiger partial charge < -0.3 is 15.6 Å². The molecule has 3 rings (SSSR count). The average molecular weight is 257 g/mol. The van der Waals surface area contributed by atoms with E-state index in [0.29, 0.717) is 12.6 Å². The predicted molar refractivity (Wildman–Crippen MR) is 79.9 cm³/mol. The zero-order chi connectivity index (χ0) is 13.2. The van der Waals surface area contributed by atoms with Crippen molar-refractivity contribution in [2.24, 2.45) is 12.8 Å². The van der Waals surface area contributed by atoms with E-state index in [0.717, 1.165) is 6.54 Å². The van der Waals surface area contributed by atoms with Crippen LogP contribution in [0.15, 0.2) is 24.4 Å². The third kappa shape index (κ3) is 2.40. The number of hydrogen-bond acceptors (Lipinski definition) is 2. The summed E-state index contributed by atoms with van der Waals surface area (Å²) in [5.74, 6) is 0. The van der Waals surface area contributed by atoms with Gasteiger partial charge >= 0.3 is 0 Å². The van der Waals surface area contributed by atoms with Crippen molar-refractivity contribution < 1.29 is 0 Å². The highest BCUT2D eigenvalue weighted by Crippen LogP contribution is 2.25. The van der Waals surface area contributed by atoms with Crippen LogP contribution in [0, 0.1) is 0 Å². The minimum absolute atomic E-state index is 0.602. The third-order valence-corrected chi connectivity index (χ3v) is 4.32. The Morgan fingerprint density at radius 2 is 2.05 bits per heavy atom. The highest BCUT2D eigenvalue weighted by Gasteiger charge is 2.15. The van der Waals surface area contributed by atoms with E-state index in [2.05, 4.69) is 41.3 Å². The highest BCUT2D eigenvalue weighted by atomic mass is 15.0. The maximum atomic E-state index is 5.84. The van der Waals surface area contributed by atoms with E-state index in [4.69, 9.17) is 5.73 Å². The van der Waals surface area contributed by atoms with Crippen molar-refractivity contribution in [3.63, 3.8) is 0 Å². The smallest absolute Gasteiger partial charge is 0.0526 e. The van der Waals surface area contributed by atoms with Crippen LogP contribution in [0.1, 0.15) is 36.8 Å². The first-order valence-corrected chi connectivity index (χ1v) is 7.29. The summed E-state index contributed by atoms with van der Waals surface area (Å²) < 4.78 is 2.21. The molecule has 1 aromatic carbocycles. The fourth-order valence-corrected chi connectivity index (χ4v) is 3.32. The van der Waals surface area contributed by atoms with Gasteiger partial charge in [-0.1, -0.05) is 31.0 Å². The van der Waals surface area contributed by atoms with Crippen LogP contribution in [-0.4, -0.2) is 10.6 Å². The second-order valence-electron chi connectivity index (χ2n) is 5.64. The molecule has 0 amide bonds. The van der Waals surface area contributed by atoms with Crippen molar-refractivity contribution in [1.82, 2.24) is 9.88 Å². The molecule has 0 bridgehead atoms. The molecule has 1 heterocycles. The lowest BCUT2D eigenvalue weighted by Gasteiger charge is -2.11. The van der Waals surface area contributed by atoms with Crippen molar-refractivity contribution in [2.45, 2.75) is 44.8 Å². The van der Waals surface area contributed by atoms with E-state index in [9.17, 15) is 0 Å². The molecule has 102 valence electrons. The number of hydrogen-bond donors (Lipinski definition) is 2. The maximum absolute atomic E-state index is 5.84. The van der Waals surface area contributed by atoms with Gasteiger partial charge in [0.15, 0.2) is 0 Å². The second kappa shape index (κ2) is 5.35. The summed E-state index contributed by atoms with van der Waals surface area (Å²) in [6, 6.07) is 7.16. The number of nitrogens with zero attached hydrogens (tertiary/aromatic N) is 1. The number of nitrogens with one attached hydrogen (secondary N) is 1. The van der Waals surface area contributed by atoms with Gasteiger partial charge in [0, 0.05) is 37.8 Å². The monoisotopic (exact) mass is 257 g/mol. The molecule has 3 nitrogen and oxygen atoms in total. The van der Waals surface area contributed by atoms with Gasteiger partial charge in [0.05, 0.1) is 5.52 Å². The van der Waals surface area contributed by atoms with E-state index in [1.807, 2.05) is 0 Å². The first-order valence-electron chi connectivity index (χ1n) is 7.29. The summed E-state index contributed by atoms with van der Waals surface area (Å²) in [6.07, 6.45) is 7.67. The van der Waals surface area contributed by atoms with E-state index in [-0.39, 0.29) is 0 Å². The van der Waals surface area contributed by atoms with Gasteiger partial charge in [-0.05, 0) is 24.0 Å². The van der Waals surface area contributed by atoms with Crippen LogP contribution >= 0.6 is 0 Å². The lowest BCUT2D eigenvalue weighted by Crippen LogP contribution is -2.25. The fourth-order valence-electron chi connectivity index (χ4n) is 3.32. The van der Waals surface area contributed by atoms with Crippen LogP contribution in [0.5, 0.6) is 0 Å². The average Bonchev–Trinajstić information content (AvgIpc) is 3.05. The third-order valence-electron chi connectivity index (χ3n) is 4.32. The van der Waals surface area contributed by atoms with Gasteiger partial charge in [0.1, 0.15) is 0 Å². The molecule has 0 unspecified atom stereocenters. The molecule has 1 saturated carbocycles. The first-order chi connectivity index (χ1) is 9.29. The Balaban J connectivity index is 1.87. The standard InChI is InChI=1S/C16H23N3/c1-19-11-13(10-18-14-6-2-3-7-14)15-8-4-5-12(9-17)16(15)19/h4-5,8,11,14,18H,2-3,6-7,9-10,17H2,1H3. The number of fused-ring (bicyclic) bond motifs is 1. The molecule has 0 atom stereocenters. The SMILES string of the molecule is Cn1cc(CNC2CCCC2)c2cccc(CN)c21. The van der Waals surface area contributed by atoms with Gasteiger partial charge in [-0.3, -0.25) is 0 Å². The number of nitrogens with two attached hydrogens (primary N) is 1. The van der Waals surface area contributed by atoms with Crippen LogP contribution in [0.3, 0.4) is 0 Å². The Hall–Kier alpha value is -1.32. The lowest BCUT2D eigenvalue weighted by atomic mass is 10.1. The van der Waals surface area contributed by atoms with Crippen molar-refractivity contribution in [1.29, 1.82) is 0 Å². The zero-order valence-corrected chi connectivity index (χ0v) is 11.7. The Kier molecular flexibility index (Phi) is 3.58. The van der Waals surface area contributed by atoms with Gasteiger partial charge in [-0.2, -0.15) is 0 Å². The molecule has 1 aliphatic rings. The minimum atomic E-state index is 0.602. The molecule has 1 aromatic heterocycles. The second-order valence-corrected chi connectivity index (χ2v) is 5.64. The number of aromatic nitrogens is 1. The number of aryl methyl sites for hydroxylation is 1. The topological polar surface area (TPSA) is 43.0 Å². The van der Waals surface area contributed by atoms with Crippen molar-refractivity contribution in [3.8, 4) is 0 Å². The molecule has 0 aliphatic heterocycles. The minimum Gasteiger partial charge on any atom is -0.350 e. The Bertz CT molecular complexity index is 565. The molecule has 2 aromatic rings. The fraction of sp³-hybridized carbons (Fsp3) is 0.500. The van der Waals surface area contributed by atoms with Crippen LogP contribution in [-0.2, 0) is 20.1 Å². The van der Waals surface area contributed by atoms with E-state index >= 15 is 0 Å². The maximum Gasteiger partial charge on any atom is 0.0526 e. The van der Waals surface area contributed by atoms with Crippen LogP contribution in [0.25, 0.3) is 10.9 Å². The number of para-hydroxylation sites is 1. The molecule has 0 saturated heterocycles. The molecule has 3 heteroatoms. The van der Waals surface area contributed by atoms with Crippen molar-refractivity contribution >= 4 is 10.9 Å². The largest absolute Gasteiger partial charge is 0.350 e. The molecule has 3 N–H and O–H groups in total. The summed E-state index contributed by atoms with van der Waals surface area (Å²) in [4.78, 5) is 0. The lowest BCUT2D eigenvalue weighted by molar-refractivity contribution is 0.525. The summed E-state index contributed by atoms with van der Waals surface area (Å²) in [6.45, 7) is 1.57. The van der Waals surface area contributed by atoms with Crippen LogP contribution in [0.2, 0.25) is 0 Å². The molecule has 0 spiro atoms. The number of benzene rings is 1. The summed E-state index contributed by atoms with van der Waals surface area (Å²) >= 11 is 0. The van der Waals surface area contributed by atoms with Crippen molar-refractivity contribution in [2.75, 3.05) is 0 Å². The molecule has 0 radical (unpaired) electrons. The molecular weight excluding hydrogens is 234 g/mol. The van der Waals surface area contributed by atoms with E-state index < -0.39 is 0 Å².